The Balaban J connectivity index is 1.94. The number of halogens is 1. The number of aryl methyl sites for hydroxylation is 2. The van der Waals surface area contributed by atoms with E-state index >= 15 is 0 Å². The Hall–Kier alpha value is -0.940. The summed E-state index contributed by atoms with van der Waals surface area (Å²) in [5.74, 6) is 0.0916. The van der Waals surface area contributed by atoms with Crippen LogP contribution in [0.15, 0.2) is 12.1 Å². The molecule has 0 aromatic carbocycles. The summed E-state index contributed by atoms with van der Waals surface area (Å²) < 4.78 is 5.71. The number of pyridine rings is 1. The SMILES string of the molecule is Cc1ccc(C(=O)N2CCC(OCCBr)CC2)c(C)n1. The van der Waals surface area contributed by atoms with Gasteiger partial charge in [0.2, 0.25) is 0 Å². The van der Waals surface area contributed by atoms with Crippen LogP contribution in [0.1, 0.15) is 34.6 Å². The average molecular weight is 341 g/mol. The van der Waals surface area contributed by atoms with Crippen LogP contribution in [0.4, 0.5) is 0 Å². The first kappa shape index (κ1) is 15.4. The van der Waals surface area contributed by atoms with Crippen molar-refractivity contribution in [3.05, 3.63) is 29.1 Å². The van der Waals surface area contributed by atoms with Gasteiger partial charge in [0, 0.05) is 24.1 Å². The Morgan fingerprint density at radius 3 is 2.70 bits per heavy atom. The lowest BCUT2D eigenvalue weighted by atomic mass is 10.1. The van der Waals surface area contributed by atoms with Crippen LogP contribution in [0.5, 0.6) is 0 Å². The molecule has 0 saturated carbocycles. The van der Waals surface area contributed by atoms with E-state index in [1.54, 1.807) is 0 Å². The smallest absolute Gasteiger partial charge is 0.255 e. The van der Waals surface area contributed by atoms with Crippen molar-refractivity contribution >= 4 is 21.8 Å². The van der Waals surface area contributed by atoms with Crippen molar-refractivity contribution < 1.29 is 9.53 Å². The number of amides is 1. The van der Waals surface area contributed by atoms with E-state index in [1.807, 2.05) is 30.9 Å². The maximum absolute atomic E-state index is 12.5. The molecule has 4 nitrogen and oxygen atoms in total. The van der Waals surface area contributed by atoms with E-state index in [-0.39, 0.29) is 12.0 Å². The van der Waals surface area contributed by atoms with Gasteiger partial charge in [0.25, 0.3) is 5.91 Å². The maximum atomic E-state index is 12.5. The summed E-state index contributed by atoms with van der Waals surface area (Å²) in [6.45, 7) is 6.10. The molecular formula is C15H21BrN2O2. The van der Waals surface area contributed by atoms with Crippen LogP contribution in [0.25, 0.3) is 0 Å². The van der Waals surface area contributed by atoms with Gasteiger partial charge < -0.3 is 9.64 Å². The van der Waals surface area contributed by atoms with Crippen LogP contribution < -0.4 is 0 Å². The Labute approximate surface area is 128 Å². The normalized spacial score (nSPS) is 16.4. The number of nitrogens with zero attached hydrogens (tertiary/aromatic N) is 2. The zero-order valence-electron chi connectivity index (χ0n) is 12.1. The second-order valence-electron chi connectivity index (χ2n) is 5.14. The minimum Gasteiger partial charge on any atom is -0.377 e. The Kier molecular flexibility index (Phi) is 5.54. The monoisotopic (exact) mass is 340 g/mol. The molecule has 0 spiro atoms. The lowest BCUT2D eigenvalue weighted by Gasteiger charge is -2.32. The van der Waals surface area contributed by atoms with E-state index in [1.165, 1.54) is 0 Å². The number of aromatic nitrogens is 1. The van der Waals surface area contributed by atoms with E-state index in [0.29, 0.717) is 0 Å². The molecule has 110 valence electrons. The first-order valence-electron chi connectivity index (χ1n) is 7.03. The summed E-state index contributed by atoms with van der Waals surface area (Å²) in [5.41, 5.74) is 2.48. The van der Waals surface area contributed by atoms with Crippen molar-refractivity contribution in [3.63, 3.8) is 0 Å². The molecule has 1 fully saturated rings. The summed E-state index contributed by atoms with van der Waals surface area (Å²) in [5, 5.41) is 0.861. The third-order valence-corrected chi connectivity index (χ3v) is 3.94. The summed E-state index contributed by atoms with van der Waals surface area (Å²) in [7, 11) is 0. The molecule has 1 aromatic rings. The lowest BCUT2D eigenvalue weighted by Crippen LogP contribution is -2.41. The van der Waals surface area contributed by atoms with Crippen LogP contribution in [0.3, 0.4) is 0 Å². The molecule has 5 heteroatoms. The predicted molar refractivity (Wildman–Crippen MR) is 82.4 cm³/mol. The fraction of sp³-hybridized carbons (Fsp3) is 0.600. The molecule has 1 saturated heterocycles. The van der Waals surface area contributed by atoms with Crippen molar-refractivity contribution in [2.24, 2.45) is 0 Å². The quantitative estimate of drug-likeness (QED) is 0.791. The van der Waals surface area contributed by atoms with Crippen molar-refractivity contribution in [2.75, 3.05) is 25.0 Å². The lowest BCUT2D eigenvalue weighted by molar-refractivity contribution is 0.0159. The highest BCUT2D eigenvalue weighted by atomic mass is 79.9. The first-order valence-corrected chi connectivity index (χ1v) is 8.15. The van der Waals surface area contributed by atoms with Crippen LogP contribution >= 0.6 is 15.9 Å². The van der Waals surface area contributed by atoms with Gasteiger partial charge in [-0.1, -0.05) is 15.9 Å². The first-order chi connectivity index (χ1) is 9.61. The highest BCUT2D eigenvalue weighted by Gasteiger charge is 2.24. The van der Waals surface area contributed by atoms with Gasteiger partial charge in [-0.25, -0.2) is 0 Å². The number of piperidine rings is 1. The predicted octanol–water partition coefficient (Wildman–Crippen LogP) is 2.71. The van der Waals surface area contributed by atoms with E-state index < -0.39 is 0 Å². The van der Waals surface area contributed by atoms with E-state index in [4.69, 9.17) is 4.74 Å². The third kappa shape index (κ3) is 3.79. The Morgan fingerprint density at radius 2 is 2.10 bits per heavy atom. The van der Waals surface area contributed by atoms with Gasteiger partial charge in [0.1, 0.15) is 0 Å². The minimum absolute atomic E-state index is 0.0916. The number of carbonyl (C=O) groups excluding carboxylic acids is 1. The average Bonchev–Trinajstić information content (AvgIpc) is 2.45. The van der Waals surface area contributed by atoms with Gasteiger partial charge >= 0.3 is 0 Å². The Bertz CT molecular complexity index is 471. The molecule has 0 radical (unpaired) electrons. The molecule has 1 aromatic heterocycles. The van der Waals surface area contributed by atoms with Crippen molar-refractivity contribution in [1.29, 1.82) is 0 Å². The van der Waals surface area contributed by atoms with E-state index in [9.17, 15) is 4.79 Å². The number of alkyl halides is 1. The van der Waals surface area contributed by atoms with Gasteiger partial charge in [-0.2, -0.15) is 0 Å². The van der Waals surface area contributed by atoms with Crippen LogP contribution in [0.2, 0.25) is 0 Å². The zero-order chi connectivity index (χ0) is 14.5. The molecule has 1 aliphatic rings. The minimum atomic E-state index is 0.0916. The van der Waals surface area contributed by atoms with Crippen molar-refractivity contribution in [3.8, 4) is 0 Å². The van der Waals surface area contributed by atoms with Gasteiger partial charge in [-0.3, -0.25) is 9.78 Å². The second kappa shape index (κ2) is 7.18. The van der Waals surface area contributed by atoms with Gasteiger partial charge in [-0.05, 0) is 38.8 Å². The standard InChI is InChI=1S/C15H21BrN2O2/c1-11-3-4-14(12(2)17-11)15(19)18-8-5-13(6-9-18)20-10-7-16/h3-4,13H,5-10H2,1-2H3. The molecule has 2 rings (SSSR count). The molecular weight excluding hydrogens is 320 g/mol. The molecule has 2 heterocycles. The summed E-state index contributed by atoms with van der Waals surface area (Å²) in [6, 6.07) is 3.78. The van der Waals surface area contributed by atoms with Crippen molar-refractivity contribution in [2.45, 2.75) is 32.8 Å². The Morgan fingerprint density at radius 1 is 1.40 bits per heavy atom. The highest BCUT2D eigenvalue weighted by molar-refractivity contribution is 9.09. The third-order valence-electron chi connectivity index (χ3n) is 3.62. The number of carbonyl (C=O) groups is 1. The number of hydrogen-bond acceptors (Lipinski definition) is 3. The van der Waals surface area contributed by atoms with Crippen LogP contribution in [-0.2, 0) is 4.74 Å². The van der Waals surface area contributed by atoms with Gasteiger partial charge in [0.05, 0.1) is 24.0 Å². The van der Waals surface area contributed by atoms with Gasteiger partial charge in [-0.15, -0.1) is 0 Å². The number of rotatable bonds is 4. The highest BCUT2D eigenvalue weighted by Crippen LogP contribution is 2.17. The van der Waals surface area contributed by atoms with E-state index in [0.717, 1.165) is 54.8 Å². The van der Waals surface area contributed by atoms with Crippen molar-refractivity contribution in [1.82, 2.24) is 9.88 Å². The summed E-state index contributed by atoms with van der Waals surface area (Å²) >= 11 is 3.36. The largest absolute Gasteiger partial charge is 0.377 e. The fourth-order valence-electron chi connectivity index (χ4n) is 2.52. The topological polar surface area (TPSA) is 42.4 Å². The summed E-state index contributed by atoms with van der Waals surface area (Å²) in [4.78, 5) is 18.8. The van der Waals surface area contributed by atoms with Gasteiger partial charge in [0.15, 0.2) is 0 Å². The number of ether oxygens (including phenoxy) is 1. The van der Waals surface area contributed by atoms with Crippen LogP contribution in [0, 0.1) is 13.8 Å². The molecule has 0 unspecified atom stereocenters. The number of hydrogen-bond donors (Lipinski definition) is 0. The maximum Gasteiger partial charge on any atom is 0.255 e. The molecule has 1 aliphatic heterocycles. The number of likely N-dealkylation sites (tertiary alicyclic amines) is 1. The van der Waals surface area contributed by atoms with E-state index in [2.05, 4.69) is 20.9 Å². The fourth-order valence-corrected chi connectivity index (χ4v) is 2.71. The molecule has 0 N–H and O–H groups in total. The second-order valence-corrected chi connectivity index (χ2v) is 5.93. The van der Waals surface area contributed by atoms with Crippen LogP contribution in [-0.4, -0.2) is 46.9 Å². The molecule has 0 atom stereocenters. The molecule has 0 bridgehead atoms. The molecule has 1 amide bonds. The zero-order valence-corrected chi connectivity index (χ0v) is 13.6. The molecule has 0 aliphatic carbocycles. The summed E-state index contributed by atoms with van der Waals surface area (Å²) in [6.07, 6.45) is 2.11. The molecule has 20 heavy (non-hydrogen) atoms.